The van der Waals surface area contributed by atoms with Crippen LogP contribution in [-0.2, 0) is 11.8 Å². The van der Waals surface area contributed by atoms with Gasteiger partial charge in [0, 0.05) is 80.8 Å². The fourth-order valence-corrected chi connectivity index (χ4v) is 5.52. The molecule has 2 aliphatic heterocycles. The van der Waals surface area contributed by atoms with Gasteiger partial charge in [0.05, 0.1) is 22.3 Å². The van der Waals surface area contributed by atoms with Gasteiger partial charge in [0.15, 0.2) is 5.88 Å². The van der Waals surface area contributed by atoms with Crippen molar-refractivity contribution in [1.29, 1.82) is 0 Å². The second kappa shape index (κ2) is 9.74. The maximum atomic E-state index is 13.6. The van der Waals surface area contributed by atoms with Gasteiger partial charge in [0.2, 0.25) is 5.91 Å². The van der Waals surface area contributed by atoms with Gasteiger partial charge in [0.1, 0.15) is 5.82 Å². The summed E-state index contributed by atoms with van der Waals surface area (Å²) in [6.45, 7) is 5.19. The highest BCUT2D eigenvalue weighted by Crippen LogP contribution is 2.31. The summed E-state index contributed by atoms with van der Waals surface area (Å²) in [6, 6.07) is 8.23. The first-order valence-corrected chi connectivity index (χ1v) is 12.9. The molecule has 1 amide bonds. The maximum Gasteiger partial charge on any atom is 0.247 e. The normalized spacial score (nSPS) is 17.7. The highest BCUT2D eigenvalue weighted by molar-refractivity contribution is 5.90. The van der Waals surface area contributed by atoms with Gasteiger partial charge in [0.25, 0.3) is 0 Å². The Kier molecular flexibility index (Phi) is 6.25. The number of carbonyl (C=O) groups excluding carboxylic acids is 1. The Morgan fingerprint density at radius 3 is 2.61 bits per heavy atom. The number of pyridine rings is 1. The van der Waals surface area contributed by atoms with E-state index in [0.717, 1.165) is 59.4 Å². The summed E-state index contributed by atoms with van der Waals surface area (Å²) in [5.41, 5.74) is 3.92. The molecule has 1 aromatic carbocycles. The molecule has 8 nitrogen and oxygen atoms in total. The van der Waals surface area contributed by atoms with Gasteiger partial charge in [-0.15, -0.1) is 0 Å². The smallest absolute Gasteiger partial charge is 0.247 e. The summed E-state index contributed by atoms with van der Waals surface area (Å²) in [5, 5.41) is 13.3. The van der Waals surface area contributed by atoms with Crippen LogP contribution >= 0.6 is 0 Å². The Hall–Kier alpha value is -3.95. The van der Waals surface area contributed by atoms with Gasteiger partial charge in [-0.25, -0.2) is 9.38 Å². The molecular weight excluding hydrogens is 483 g/mol. The van der Waals surface area contributed by atoms with Crippen LogP contribution in [0.2, 0.25) is 0 Å². The van der Waals surface area contributed by atoms with E-state index in [1.807, 2.05) is 42.1 Å². The zero-order chi connectivity index (χ0) is 26.4. The fraction of sp³-hybridized carbons (Fsp3) is 0.310. The van der Waals surface area contributed by atoms with Crippen molar-refractivity contribution >= 4 is 29.4 Å². The second-order valence-electron chi connectivity index (χ2n) is 10.1. The van der Waals surface area contributed by atoms with Crippen molar-refractivity contribution < 1.29 is 14.3 Å². The third-order valence-corrected chi connectivity index (χ3v) is 7.64. The van der Waals surface area contributed by atoms with Crippen LogP contribution in [0.3, 0.4) is 0 Å². The number of amides is 1. The molecule has 6 rings (SSSR count). The number of fused-ring (bicyclic) bond motifs is 2. The van der Waals surface area contributed by atoms with Crippen molar-refractivity contribution in [3.63, 3.8) is 0 Å². The molecule has 0 bridgehead atoms. The number of hydrogen-bond acceptors (Lipinski definition) is 5. The van der Waals surface area contributed by atoms with E-state index < -0.39 is 0 Å². The minimum absolute atomic E-state index is 0.0591. The van der Waals surface area contributed by atoms with Crippen molar-refractivity contribution in [3.8, 4) is 17.1 Å². The number of likely N-dealkylation sites (N-methyl/N-ethyl adjacent to an activating group) is 1. The van der Waals surface area contributed by atoms with E-state index >= 15 is 0 Å². The number of hydrogen-bond donors (Lipinski definition) is 2. The monoisotopic (exact) mass is 514 g/mol. The van der Waals surface area contributed by atoms with Crippen molar-refractivity contribution in [2.75, 3.05) is 51.2 Å². The van der Waals surface area contributed by atoms with Crippen LogP contribution in [0.1, 0.15) is 12.0 Å². The first kappa shape index (κ1) is 24.4. The van der Waals surface area contributed by atoms with E-state index in [2.05, 4.69) is 31.7 Å². The molecule has 2 aromatic heterocycles. The minimum atomic E-state index is -0.292. The van der Waals surface area contributed by atoms with Gasteiger partial charge in [-0.05, 0) is 55.6 Å². The summed E-state index contributed by atoms with van der Waals surface area (Å²) in [4.78, 5) is 27.3. The Labute approximate surface area is 220 Å². The third kappa shape index (κ3) is 4.37. The van der Waals surface area contributed by atoms with Crippen LogP contribution in [0.5, 0.6) is 5.88 Å². The second-order valence-corrected chi connectivity index (χ2v) is 10.1. The summed E-state index contributed by atoms with van der Waals surface area (Å²) < 4.78 is 15.6. The number of aromatic hydroxyl groups is 1. The van der Waals surface area contributed by atoms with E-state index in [1.54, 1.807) is 12.1 Å². The minimum Gasteiger partial charge on any atom is -0.494 e. The molecule has 1 saturated heterocycles. The van der Waals surface area contributed by atoms with Gasteiger partial charge < -0.3 is 29.4 Å². The van der Waals surface area contributed by atoms with Crippen molar-refractivity contribution in [2.45, 2.75) is 6.42 Å². The lowest BCUT2D eigenvalue weighted by atomic mass is 10.1. The number of nitrogens with zero attached hydrogens (tertiary/aromatic N) is 5. The summed E-state index contributed by atoms with van der Waals surface area (Å²) in [5.74, 6) is -0.393. The molecule has 0 unspecified atom stereocenters. The number of aromatic nitrogens is 2. The van der Waals surface area contributed by atoms with Crippen molar-refractivity contribution in [2.24, 2.45) is 12.0 Å². The first-order chi connectivity index (χ1) is 18.4. The Bertz CT molecular complexity index is 1620. The number of nitrogens with one attached hydrogen (secondary N) is 1. The van der Waals surface area contributed by atoms with Crippen molar-refractivity contribution in [1.82, 2.24) is 19.4 Å². The van der Waals surface area contributed by atoms with Gasteiger partial charge in [-0.1, -0.05) is 0 Å². The molecule has 3 aromatic rings. The lowest BCUT2D eigenvalue weighted by molar-refractivity contribution is -0.118. The Morgan fingerprint density at radius 1 is 1.08 bits per heavy atom. The topological polar surface area (TPSA) is 80.1 Å². The number of carbonyl (C=O) groups is 1. The Balaban J connectivity index is 1.41. The zero-order valence-corrected chi connectivity index (χ0v) is 21.6. The summed E-state index contributed by atoms with van der Waals surface area (Å²) in [6.07, 6.45) is 8.19. The molecular formula is C29H31FN6O2. The van der Waals surface area contributed by atoms with E-state index in [-0.39, 0.29) is 17.6 Å². The quantitative estimate of drug-likeness (QED) is 0.550. The predicted molar refractivity (Wildman–Crippen MR) is 146 cm³/mol. The van der Waals surface area contributed by atoms with Gasteiger partial charge in [-0.2, -0.15) is 0 Å². The van der Waals surface area contributed by atoms with E-state index in [4.69, 9.17) is 0 Å². The predicted octanol–water partition coefficient (Wildman–Crippen LogP) is 1.37. The van der Waals surface area contributed by atoms with Crippen LogP contribution in [-0.4, -0.2) is 76.7 Å². The number of benzene rings is 1. The third-order valence-electron chi connectivity index (χ3n) is 7.64. The molecule has 0 atom stereocenters. The standard InChI is InChI=1S/C29H31FN6O2/c1-33-15-17-35(18-16-33)13-11-25(37)31-22-9-12-34(2)28-21(22)7-8-24-26-23(32-29(38)27(26)28)10-14-36(24)20-5-3-19(30)4-6-20/h3-10,12,32,38H,11,13-18H2,1-2H3. The SMILES string of the molecule is CN1CCN(CCC(=O)N=c2ccn(C)c3c2C=CC2=c4c-3c(O)[nH]c4=CCN2c2ccc(F)cc2)CC1. The average molecular weight is 515 g/mol. The van der Waals surface area contributed by atoms with Crippen LogP contribution in [0, 0.1) is 5.82 Å². The molecule has 2 N–H and O–H groups in total. The first-order valence-electron chi connectivity index (χ1n) is 12.9. The van der Waals surface area contributed by atoms with Gasteiger partial charge >= 0.3 is 0 Å². The molecule has 3 aliphatic rings. The molecule has 38 heavy (non-hydrogen) atoms. The largest absolute Gasteiger partial charge is 0.494 e. The molecule has 9 heteroatoms. The Morgan fingerprint density at radius 2 is 1.84 bits per heavy atom. The zero-order valence-electron chi connectivity index (χ0n) is 21.6. The summed E-state index contributed by atoms with van der Waals surface area (Å²) >= 11 is 0. The number of piperazine rings is 1. The van der Waals surface area contributed by atoms with E-state index in [1.165, 1.54) is 12.1 Å². The van der Waals surface area contributed by atoms with E-state index in [9.17, 15) is 14.3 Å². The highest BCUT2D eigenvalue weighted by Gasteiger charge is 2.26. The highest BCUT2D eigenvalue weighted by atomic mass is 19.1. The molecule has 4 heterocycles. The molecule has 0 saturated carbocycles. The number of halogens is 1. The number of H-pyrrole nitrogens is 1. The van der Waals surface area contributed by atoms with Gasteiger partial charge in [-0.3, -0.25) is 4.79 Å². The van der Waals surface area contributed by atoms with Crippen LogP contribution in [0.4, 0.5) is 10.1 Å². The lowest BCUT2D eigenvalue weighted by Gasteiger charge is -2.31. The van der Waals surface area contributed by atoms with Crippen LogP contribution in [0.15, 0.2) is 47.6 Å². The molecule has 1 aliphatic carbocycles. The van der Waals surface area contributed by atoms with Crippen molar-refractivity contribution in [3.05, 3.63) is 69.9 Å². The van der Waals surface area contributed by atoms with E-state index in [0.29, 0.717) is 30.4 Å². The number of anilines is 1. The number of rotatable bonds is 4. The molecule has 0 radical (unpaired) electrons. The molecule has 196 valence electrons. The molecule has 1 fully saturated rings. The van der Waals surface area contributed by atoms with Crippen LogP contribution in [0.25, 0.3) is 29.1 Å². The molecule has 0 spiro atoms. The average Bonchev–Trinajstić information content (AvgIpc) is 3.12. The summed E-state index contributed by atoms with van der Waals surface area (Å²) in [7, 11) is 4.03. The maximum absolute atomic E-state index is 13.6. The fourth-order valence-electron chi connectivity index (χ4n) is 5.52. The van der Waals surface area contributed by atoms with Crippen LogP contribution < -0.4 is 20.8 Å². The lowest BCUT2D eigenvalue weighted by Crippen LogP contribution is -2.45. The number of aryl methyl sites for hydroxylation is 1. The number of aromatic amines is 1.